The molecule has 0 saturated heterocycles. The van der Waals surface area contributed by atoms with E-state index >= 15 is 0 Å². The first-order chi connectivity index (χ1) is 11.0. The minimum Gasteiger partial charge on any atom is -0.319 e. The van der Waals surface area contributed by atoms with Gasteiger partial charge in [0.15, 0.2) is 0 Å². The number of rotatable bonds is 4. The van der Waals surface area contributed by atoms with Gasteiger partial charge in [-0.15, -0.1) is 11.8 Å². The van der Waals surface area contributed by atoms with Gasteiger partial charge in [0, 0.05) is 11.0 Å². The van der Waals surface area contributed by atoms with Gasteiger partial charge in [0.05, 0.1) is 5.69 Å². The van der Waals surface area contributed by atoms with Crippen LogP contribution in [0.4, 0.5) is 14.5 Å². The third-order valence-corrected chi connectivity index (χ3v) is 3.71. The second kappa shape index (κ2) is 7.56. The molecule has 0 aliphatic rings. The fourth-order valence-corrected chi connectivity index (χ4v) is 2.20. The molecule has 0 fully saturated rings. The van der Waals surface area contributed by atoms with Gasteiger partial charge in [0.1, 0.15) is 23.3 Å². The first kappa shape index (κ1) is 16.7. The van der Waals surface area contributed by atoms with Crippen molar-refractivity contribution in [2.75, 3.05) is 11.6 Å². The topological polar surface area (TPSA) is 52.9 Å². The number of hydrogen-bond acceptors (Lipinski definition) is 3. The number of anilines is 1. The number of benzene rings is 2. The number of hydrogen-bond donors (Lipinski definition) is 1. The van der Waals surface area contributed by atoms with Crippen molar-refractivity contribution in [3.05, 3.63) is 65.2 Å². The van der Waals surface area contributed by atoms with Crippen molar-refractivity contribution in [1.82, 2.24) is 0 Å². The summed E-state index contributed by atoms with van der Waals surface area (Å²) in [5, 5.41) is 11.4. The molecule has 0 aliphatic heterocycles. The van der Waals surface area contributed by atoms with Crippen LogP contribution in [0.3, 0.4) is 0 Å². The standard InChI is InChI=1S/C17H12F2N2OS/c1-23-14-5-2-11(3-6-14)8-12(10-20)17(22)21-16-7-4-13(18)9-15(16)19/h2-9H,1H3,(H,21,22)/b12-8+. The van der Waals surface area contributed by atoms with Crippen LogP contribution in [0.1, 0.15) is 5.56 Å². The largest absolute Gasteiger partial charge is 0.319 e. The highest BCUT2D eigenvalue weighted by molar-refractivity contribution is 7.98. The molecular weight excluding hydrogens is 318 g/mol. The smallest absolute Gasteiger partial charge is 0.266 e. The summed E-state index contributed by atoms with van der Waals surface area (Å²) in [4.78, 5) is 13.1. The van der Waals surface area contributed by atoms with E-state index in [1.807, 2.05) is 18.4 Å². The van der Waals surface area contributed by atoms with E-state index < -0.39 is 17.5 Å². The van der Waals surface area contributed by atoms with E-state index in [1.54, 1.807) is 30.0 Å². The van der Waals surface area contributed by atoms with E-state index in [0.29, 0.717) is 11.6 Å². The lowest BCUT2D eigenvalue weighted by Crippen LogP contribution is -2.14. The molecule has 6 heteroatoms. The Balaban J connectivity index is 2.20. The molecule has 0 saturated carbocycles. The van der Waals surface area contributed by atoms with Gasteiger partial charge in [-0.05, 0) is 42.2 Å². The van der Waals surface area contributed by atoms with Crippen LogP contribution in [0.5, 0.6) is 0 Å². The van der Waals surface area contributed by atoms with Gasteiger partial charge < -0.3 is 5.32 Å². The van der Waals surface area contributed by atoms with Gasteiger partial charge in [-0.3, -0.25) is 4.79 Å². The summed E-state index contributed by atoms with van der Waals surface area (Å²) < 4.78 is 26.4. The molecule has 1 amide bonds. The number of nitriles is 1. The van der Waals surface area contributed by atoms with E-state index in [4.69, 9.17) is 5.26 Å². The summed E-state index contributed by atoms with van der Waals surface area (Å²) >= 11 is 1.58. The highest BCUT2D eigenvalue weighted by Gasteiger charge is 2.12. The zero-order valence-corrected chi connectivity index (χ0v) is 13.0. The molecule has 0 aromatic heterocycles. The van der Waals surface area contributed by atoms with Crippen LogP contribution in [0.25, 0.3) is 6.08 Å². The second-order valence-corrected chi connectivity index (χ2v) is 5.40. The highest BCUT2D eigenvalue weighted by atomic mass is 32.2. The molecule has 0 bridgehead atoms. The lowest BCUT2D eigenvalue weighted by atomic mass is 10.1. The molecule has 0 aliphatic carbocycles. The number of halogens is 2. The van der Waals surface area contributed by atoms with Crippen molar-refractivity contribution >= 4 is 29.4 Å². The number of carbonyl (C=O) groups excluding carboxylic acids is 1. The first-order valence-electron chi connectivity index (χ1n) is 6.55. The minimum atomic E-state index is -0.903. The van der Waals surface area contributed by atoms with Crippen molar-refractivity contribution in [3.63, 3.8) is 0 Å². The van der Waals surface area contributed by atoms with Crippen molar-refractivity contribution in [1.29, 1.82) is 5.26 Å². The Labute approximate surface area is 136 Å². The molecule has 3 nitrogen and oxygen atoms in total. The van der Waals surface area contributed by atoms with E-state index in [1.165, 1.54) is 6.08 Å². The maximum atomic E-state index is 13.5. The maximum absolute atomic E-state index is 13.5. The zero-order valence-electron chi connectivity index (χ0n) is 12.1. The summed E-state index contributed by atoms with van der Waals surface area (Å²) in [5.41, 5.74) is 0.315. The molecule has 0 spiro atoms. The van der Waals surface area contributed by atoms with Crippen LogP contribution in [-0.4, -0.2) is 12.2 Å². The number of nitrogens with one attached hydrogen (secondary N) is 1. The zero-order chi connectivity index (χ0) is 16.8. The number of carbonyl (C=O) groups is 1. The van der Waals surface area contributed by atoms with Gasteiger partial charge >= 0.3 is 0 Å². The Morgan fingerprint density at radius 1 is 1.22 bits per heavy atom. The maximum Gasteiger partial charge on any atom is 0.266 e. The first-order valence-corrected chi connectivity index (χ1v) is 7.78. The van der Waals surface area contributed by atoms with Crippen LogP contribution >= 0.6 is 11.8 Å². The number of nitrogens with zero attached hydrogens (tertiary/aromatic N) is 1. The van der Waals surface area contributed by atoms with Crippen molar-refractivity contribution in [3.8, 4) is 6.07 Å². The van der Waals surface area contributed by atoms with Gasteiger partial charge in [0.25, 0.3) is 5.91 Å². The van der Waals surface area contributed by atoms with Crippen LogP contribution in [0.15, 0.2) is 52.9 Å². The van der Waals surface area contributed by atoms with Gasteiger partial charge in [-0.1, -0.05) is 12.1 Å². The molecule has 23 heavy (non-hydrogen) atoms. The molecular formula is C17H12F2N2OS. The minimum absolute atomic E-state index is 0.175. The molecule has 2 aromatic rings. The third kappa shape index (κ3) is 4.41. The average molecular weight is 330 g/mol. The predicted octanol–water partition coefficient (Wildman–Crippen LogP) is 4.23. The van der Waals surface area contributed by atoms with E-state index in [0.717, 1.165) is 17.0 Å². The average Bonchev–Trinajstić information content (AvgIpc) is 2.55. The molecule has 2 aromatic carbocycles. The fourth-order valence-electron chi connectivity index (χ4n) is 1.80. The molecule has 0 radical (unpaired) electrons. The molecule has 1 N–H and O–H groups in total. The van der Waals surface area contributed by atoms with Crippen molar-refractivity contribution in [2.45, 2.75) is 4.90 Å². The van der Waals surface area contributed by atoms with Crippen LogP contribution < -0.4 is 5.32 Å². The van der Waals surface area contributed by atoms with Gasteiger partial charge in [-0.25, -0.2) is 8.78 Å². The summed E-state index contributed by atoms with van der Waals surface area (Å²) in [6.45, 7) is 0. The molecule has 2 rings (SSSR count). The summed E-state index contributed by atoms with van der Waals surface area (Å²) in [6.07, 6.45) is 3.34. The fraction of sp³-hybridized carbons (Fsp3) is 0.0588. The Bertz CT molecular complexity index is 795. The van der Waals surface area contributed by atoms with E-state index in [-0.39, 0.29) is 11.3 Å². The Morgan fingerprint density at radius 2 is 1.91 bits per heavy atom. The Hall–Kier alpha value is -2.65. The quantitative estimate of drug-likeness (QED) is 0.518. The lowest BCUT2D eigenvalue weighted by molar-refractivity contribution is -0.112. The van der Waals surface area contributed by atoms with Gasteiger partial charge in [-0.2, -0.15) is 5.26 Å². The highest BCUT2D eigenvalue weighted by Crippen LogP contribution is 2.18. The van der Waals surface area contributed by atoms with E-state index in [9.17, 15) is 13.6 Å². The monoisotopic (exact) mass is 330 g/mol. The normalized spacial score (nSPS) is 11.0. The van der Waals surface area contributed by atoms with Crippen LogP contribution in [0.2, 0.25) is 0 Å². The SMILES string of the molecule is CSc1ccc(/C=C(\C#N)C(=O)Nc2ccc(F)cc2F)cc1. The van der Waals surface area contributed by atoms with Crippen molar-refractivity contribution < 1.29 is 13.6 Å². The van der Waals surface area contributed by atoms with Gasteiger partial charge in [0.2, 0.25) is 0 Å². The molecule has 0 atom stereocenters. The predicted molar refractivity (Wildman–Crippen MR) is 86.8 cm³/mol. The lowest BCUT2D eigenvalue weighted by Gasteiger charge is -2.05. The summed E-state index contributed by atoms with van der Waals surface area (Å²) in [6, 6.07) is 11.8. The second-order valence-electron chi connectivity index (χ2n) is 4.52. The summed E-state index contributed by atoms with van der Waals surface area (Å²) in [7, 11) is 0. The summed E-state index contributed by atoms with van der Waals surface area (Å²) in [5.74, 6) is -2.41. The van der Waals surface area contributed by atoms with Crippen LogP contribution in [0, 0.1) is 23.0 Å². The molecule has 0 unspecified atom stereocenters. The van der Waals surface area contributed by atoms with E-state index in [2.05, 4.69) is 5.32 Å². The Morgan fingerprint density at radius 3 is 2.48 bits per heavy atom. The number of thioether (sulfide) groups is 1. The Kier molecular flexibility index (Phi) is 5.50. The van der Waals surface area contributed by atoms with Crippen LogP contribution in [-0.2, 0) is 4.79 Å². The number of amides is 1. The van der Waals surface area contributed by atoms with Crippen molar-refractivity contribution in [2.24, 2.45) is 0 Å². The molecule has 0 heterocycles. The third-order valence-electron chi connectivity index (χ3n) is 2.97. The molecule has 116 valence electrons.